The average Bonchev–Trinajstić information content (AvgIpc) is 2.84. The molecule has 0 spiro atoms. The number of nitrogens with one attached hydrogen (secondary N) is 1. The second kappa shape index (κ2) is 4.80. The first-order chi connectivity index (χ1) is 9.19. The van der Waals surface area contributed by atoms with Gasteiger partial charge in [0.1, 0.15) is 16.8 Å². The molecule has 0 aliphatic carbocycles. The van der Waals surface area contributed by atoms with Crippen molar-refractivity contribution < 1.29 is 4.39 Å². The van der Waals surface area contributed by atoms with Gasteiger partial charge in [0.2, 0.25) is 0 Å². The van der Waals surface area contributed by atoms with Gasteiger partial charge in [-0.15, -0.1) is 11.3 Å². The summed E-state index contributed by atoms with van der Waals surface area (Å²) in [5.41, 5.74) is 1.04. The molecule has 1 saturated heterocycles. The summed E-state index contributed by atoms with van der Waals surface area (Å²) in [5.74, 6) is -0.250. The highest BCUT2D eigenvalue weighted by atomic mass is 32.1. The third kappa shape index (κ3) is 2.18. The number of fused-ring (bicyclic) bond motifs is 1. The molecule has 1 aromatic carbocycles. The number of nitrogens with zero attached hydrogens (tertiary/aromatic N) is 2. The minimum Gasteiger partial charge on any atom is -0.368 e. The second-order valence-electron chi connectivity index (χ2n) is 4.83. The molecular formula is C14H14FN3S. The minimum absolute atomic E-state index is 0.250. The third-order valence-corrected chi connectivity index (χ3v) is 4.49. The summed E-state index contributed by atoms with van der Waals surface area (Å²) in [6, 6.07) is 7.49. The van der Waals surface area contributed by atoms with Crippen molar-refractivity contribution in [3.63, 3.8) is 0 Å². The van der Waals surface area contributed by atoms with Crippen LogP contribution in [0.25, 0.3) is 10.1 Å². The van der Waals surface area contributed by atoms with Crippen molar-refractivity contribution in [2.24, 2.45) is 0 Å². The van der Waals surface area contributed by atoms with Crippen molar-refractivity contribution in [1.82, 2.24) is 5.32 Å². The molecule has 5 heteroatoms. The van der Waals surface area contributed by atoms with E-state index in [4.69, 9.17) is 5.26 Å². The van der Waals surface area contributed by atoms with E-state index in [1.54, 1.807) is 6.07 Å². The van der Waals surface area contributed by atoms with E-state index in [0.717, 1.165) is 30.0 Å². The molecule has 1 fully saturated rings. The van der Waals surface area contributed by atoms with E-state index in [0.29, 0.717) is 16.3 Å². The summed E-state index contributed by atoms with van der Waals surface area (Å²) in [6.07, 6.45) is 0. The van der Waals surface area contributed by atoms with Crippen molar-refractivity contribution in [2.75, 3.05) is 24.5 Å². The summed E-state index contributed by atoms with van der Waals surface area (Å²) < 4.78 is 14.7. The molecule has 3 rings (SSSR count). The van der Waals surface area contributed by atoms with Crippen molar-refractivity contribution >= 4 is 27.1 Å². The molecule has 1 atom stereocenters. The predicted octanol–water partition coefficient (Wildman–Crippen LogP) is 2.71. The Morgan fingerprint density at radius 1 is 1.53 bits per heavy atom. The monoisotopic (exact) mass is 275 g/mol. The number of nitriles is 1. The molecule has 98 valence electrons. The van der Waals surface area contributed by atoms with E-state index >= 15 is 0 Å². The highest BCUT2D eigenvalue weighted by molar-refractivity contribution is 7.20. The highest BCUT2D eigenvalue weighted by Crippen LogP contribution is 2.36. The van der Waals surface area contributed by atoms with E-state index in [1.165, 1.54) is 17.4 Å². The Morgan fingerprint density at radius 3 is 3.11 bits per heavy atom. The van der Waals surface area contributed by atoms with E-state index in [9.17, 15) is 4.39 Å². The summed E-state index contributed by atoms with van der Waals surface area (Å²) in [5, 5.41) is 12.9. The smallest absolute Gasteiger partial charge is 0.132 e. The van der Waals surface area contributed by atoms with Crippen LogP contribution >= 0.6 is 11.3 Å². The molecule has 1 aliphatic rings. The lowest BCUT2D eigenvalue weighted by molar-refractivity contribution is 0.485. The van der Waals surface area contributed by atoms with Crippen LogP contribution in [0.5, 0.6) is 0 Å². The summed E-state index contributed by atoms with van der Waals surface area (Å²) >= 11 is 1.37. The van der Waals surface area contributed by atoms with Crippen molar-refractivity contribution in [3.8, 4) is 6.07 Å². The number of anilines is 1. The van der Waals surface area contributed by atoms with Crippen molar-refractivity contribution in [2.45, 2.75) is 13.0 Å². The van der Waals surface area contributed by atoms with Crippen LogP contribution in [0.2, 0.25) is 0 Å². The molecule has 2 heterocycles. The minimum atomic E-state index is -0.250. The summed E-state index contributed by atoms with van der Waals surface area (Å²) in [4.78, 5) is 2.82. The third-order valence-electron chi connectivity index (χ3n) is 3.43. The molecule has 0 saturated carbocycles. The number of halogens is 1. The first-order valence-electron chi connectivity index (χ1n) is 6.29. The number of thiophene rings is 1. The van der Waals surface area contributed by atoms with Gasteiger partial charge in [-0.25, -0.2) is 4.39 Å². The molecule has 1 aliphatic heterocycles. The van der Waals surface area contributed by atoms with Crippen molar-refractivity contribution in [1.29, 1.82) is 5.26 Å². The van der Waals surface area contributed by atoms with Crippen LogP contribution in [0.3, 0.4) is 0 Å². The van der Waals surface area contributed by atoms with Crippen LogP contribution in [0, 0.1) is 17.1 Å². The summed E-state index contributed by atoms with van der Waals surface area (Å²) in [7, 11) is 0. The van der Waals surface area contributed by atoms with Crippen LogP contribution in [0.15, 0.2) is 18.2 Å². The van der Waals surface area contributed by atoms with E-state index in [-0.39, 0.29) is 5.82 Å². The lowest BCUT2D eigenvalue weighted by atomic mass is 10.1. The zero-order chi connectivity index (χ0) is 13.4. The standard InChI is InChI=1S/C14H14FN3S/c1-9-8-18(5-4-17-9)13-3-2-12(15)11-6-10(7-16)19-14(11)13/h2-3,6,9,17H,4-5,8H2,1H3/t9-/m1/s1. The number of rotatable bonds is 1. The Kier molecular flexibility index (Phi) is 3.13. The topological polar surface area (TPSA) is 39.1 Å². The highest BCUT2D eigenvalue weighted by Gasteiger charge is 2.20. The Morgan fingerprint density at radius 2 is 2.37 bits per heavy atom. The molecular weight excluding hydrogens is 261 g/mol. The first kappa shape index (κ1) is 12.4. The molecule has 0 radical (unpaired) electrons. The van der Waals surface area contributed by atoms with E-state index in [2.05, 4.69) is 23.2 Å². The first-order valence-corrected chi connectivity index (χ1v) is 7.11. The molecule has 19 heavy (non-hydrogen) atoms. The Hall–Kier alpha value is -1.64. The van der Waals surface area contributed by atoms with Gasteiger partial charge in [0.15, 0.2) is 0 Å². The van der Waals surface area contributed by atoms with Gasteiger partial charge in [-0.05, 0) is 25.1 Å². The van der Waals surface area contributed by atoms with Gasteiger partial charge in [0.05, 0.1) is 10.4 Å². The SMILES string of the molecule is C[C@@H]1CN(c2ccc(F)c3cc(C#N)sc23)CCN1. The van der Waals surface area contributed by atoms with Crippen LogP contribution in [-0.4, -0.2) is 25.7 Å². The zero-order valence-electron chi connectivity index (χ0n) is 10.6. The number of hydrogen-bond donors (Lipinski definition) is 1. The van der Waals surface area contributed by atoms with Gasteiger partial charge in [0.25, 0.3) is 0 Å². The molecule has 3 nitrogen and oxygen atoms in total. The molecule has 1 N–H and O–H groups in total. The Bertz CT molecular complexity index is 658. The van der Waals surface area contributed by atoms with Gasteiger partial charge in [0, 0.05) is 31.1 Å². The fourth-order valence-corrected chi connectivity index (χ4v) is 3.54. The fraction of sp³-hybridized carbons (Fsp3) is 0.357. The van der Waals surface area contributed by atoms with E-state index < -0.39 is 0 Å². The van der Waals surface area contributed by atoms with Crippen LogP contribution < -0.4 is 10.2 Å². The lowest BCUT2D eigenvalue weighted by Gasteiger charge is -2.34. The van der Waals surface area contributed by atoms with E-state index in [1.807, 2.05) is 6.07 Å². The zero-order valence-corrected chi connectivity index (χ0v) is 11.4. The largest absolute Gasteiger partial charge is 0.368 e. The summed E-state index contributed by atoms with van der Waals surface area (Å²) in [6.45, 7) is 4.88. The molecule has 0 bridgehead atoms. The van der Waals surface area contributed by atoms with Crippen LogP contribution in [-0.2, 0) is 0 Å². The number of hydrogen-bond acceptors (Lipinski definition) is 4. The van der Waals surface area contributed by atoms with Gasteiger partial charge in [-0.1, -0.05) is 0 Å². The molecule has 1 aromatic heterocycles. The molecule has 0 amide bonds. The Labute approximate surface area is 115 Å². The predicted molar refractivity (Wildman–Crippen MR) is 76.2 cm³/mol. The fourth-order valence-electron chi connectivity index (χ4n) is 2.53. The van der Waals surface area contributed by atoms with Crippen LogP contribution in [0.4, 0.5) is 10.1 Å². The average molecular weight is 275 g/mol. The molecule has 2 aromatic rings. The van der Waals surface area contributed by atoms with Crippen LogP contribution in [0.1, 0.15) is 11.8 Å². The molecule has 0 unspecified atom stereocenters. The maximum Gasteiger partial charge on any atom is 0.132 e. The second-order valence-corrected chi connectivity index (χ2v) is 5.89. The van der Waals surface area contributed by atoms with Gasteiger partial charge < -0.3 is 10.2 Å². The van der Waals surface area contributed by atoms with Gasteiger partial charge in [-0.3, -0.25) is 0 Å². The van der Waals surface area contributed by atoms with Gasteiger partial charge >= 0.3 is 0 Å². The maximum atomic E-state index is 13.8. The Balaban J connectivity index is 2.11. The lowest BCUT2D eigenvalue weighted by Crippen LogP contribution is -2.49. The maximum absolute atomic E-state index is 13.8. The quantitative estimate of drug-likeness (QED) is 0.869. The number of benzene rings is 1. The number of piperazine rings is 1. The van der Waals surface area contributed by atoms with Crippen molar-refractivity contribution in [3.05, 3.63) is 28.9 Å². The normalized spacial score (nSPS) is 19.6. The van der Waals surface area contributed by atoms with Gasteiger partial charge in [-0.2, -0.15) is 5.26 Å².